The van der Waals surface area contributed by atoms with Gasteiger partial charge in [0.1, 0.15) is 5.75 Å². The summed E-state index contributed by atoms with van der Waals surface area (Å²) in [5, 5.41) is 18.3. The number of nitrogens with zero attached hydrogens (tertiary/aromatic N) is 5. The fourth-order valence-electron chi connectivity index (χ4n) is 7.66. The quantitative estimate of drug-likeness (QED) is 0.190. The zero-order valence-electron chi connectivity index (χ0n) is 28.7. The van der Waals surface area contributed by atoms with Gasteiger partial charge in [0.05, 0.1) is 40.8 Å². The van der Waals surface area contributed by atoms with Crippen LogP contribution < -0.4 is 19.7 Å². The SMILES string of the molecule is C[C@@H]1Cc2ccccc2CN1C(=O)c1cc2c(cc1-c1cc(C(=O)Nc3ccc(O)cc3)c3n1CCN(c1ccc4c(cnn4C)c1)C3)OCO2.Cl. The molecule has 0 aliphatic carbocycles. The summed E-state index contributed by atoms with van der Waals surface area (Å²) in [6.45, 7) is 4.40. The van der Waals surface area contributed by atoms with Gasteiger partial charge < -0.3 is 34.3 Å². The van der Waals surface area contributed by atoms with Crippen molar-refractivity contribution in [2.75, 3.05) is 23.6 Å². The number of aromatic hydroxyl groups is 1. The molecule has 2 N–H and O–H groups in total. The number of hydrogen-bond donors (Lipinski definition) is 2. The molecule has 3 aliphatic heterocycles. The van der Waals surface area contributed by atoms with Gasteiger partial charge >= 0.3 is 0 Å². The first kappa shape index (κ1) is 33.2. The minimum atomic E-state index is -0.282. The summed E-state index contributed by atoms with van der Waals surface area (Å²) in [6, 6.07) is 26.5. The van der Waals surface area contributed by atoms with Crippen molar-refractivity contribution in [2.45, 2.75) is 39.0 Å². The molecule has 5 heterocycles. The molecule has 0 saturated carbocycles. The molecule has 52 heavy (non-hydrogen) atoms. The Kier molecular flexibility index (Phi) is 8.30. The van der Waals surface area contributed by atoms with Crippen molar-refractivity contribution in [1.82, 2.24) is 19.2 Å². The summed E-state index contributed by atoms with van der Waals surface area (Å²) < 4.78 is 15.6. The summed E-state index contributed by atoms with van der Waals surface area (Å²) in [4.78, 5) is 33.0. The topological polar surface area (TPSA) is 114 Å². The number of phenols is 1. The molecule has 11 nitrogen and oxygen atoms in total. The van der Waals surface area contributed by atoms with E-state index in [4.69, 9.17) is 9.47 Å². The van der Waals surface area contributed by atoms with E-state index in [9.17, 15) is 14.7 Å². The van der Waals surface area contributed by atoms with Crippen LogP contribution in [0.25, 0.3) is 22.2 Å². The number of aromatic nitrogens is 3. The van der Waals surface area contributed by atoms with Gasteiger partial charge in [-0.3, -0.25) is 14.3 Å². The van der Waals surface area contributed by atoms with Crippen LogP contribution in [0.15, 0.2) is 91.1 Å². The van der Waals surface area contributed by atoms with Gasteiger partial charge in [-0.25, -0.2) is 0 Å². The van der Waals surface area contributed by atoms with Crippen molar-refractivity contribution in [3.63, 3.8) is 0 Å². The molecule has 4 aromatic carbocycles. The molecule has 3 aliphatic rings. The molecule has 264 valence electrons. The van der Waals surface area contributed by atoms with Gasteiger partial charge in [-0.2, -0.15) is 5.10 Å². The number of hydrogen-bond acceptors (Lipinski definition) is 7. The van der Waals surface area contributed by atoms with E-state index in [1.807, 2.05) is 47.1 Å². The Labute approximate surface area is 306 Å². The van der Waals surface area contributed by atoms with E-state index in [1.54, 1.807) is 18.2 Å². The van der Waals surface area contributed by atoms with Crippen molar-refractivity contribution in [1.29, 1.82) is 0 Å². The summed E-state index contributed by atoms with van der Waals surface area (Å²) >= 11 is 0. The lowest BCUT2D eigenvalue weighted by Crippen LogP contribution is -2.42. The highest BCUT2D eigenvalue weighted by Crippen LogP contribution is 2.42. The second kappa shape index (κ2) is 13.0. The molecule has 0 bridgehead atoms. The summed E-state index contributed by atoms with van der Waals surface area (Å²) in [5.74, 6) is 0.823. The molecule has 1 atom stereocenters. The maximum Gasteiger partial charge on any atom is 0.257 e. The number of benzene rings is 4. The number of anilines is 2. The van der Waals surface area contributed by atoms with E-state index in [0.717, 1.165) is 40.0 Å². The summed E-state index contributed by atoms with van der Waals surface area (Å²) in [7, 11) is 1.93. The number of phenolic OH excluding ortho intramolecular Hbond substituents is 1. The molecular formula is C40H37ClN6O5. The number of rotatable bonds is 5. The maximum atomic E-state index is 14.6. The predicted molar refractivity (Wildman–Crippen MR) is 201 cm³/mol. The first-order valence-electron chi connectivity index (χ1n) is 17.1. The third-order valence-corrected chi connectivity index (χ3v) is 10.4. The number of amides is 2. The molecule has 6 aromatic rings. The van der Waals surface area contributed by atoms with Crippen LogP contribution in [-0.4, -0.2) is 55.5 Å². The fourth-order valence-corrected chi connectivity index (χ4v) is 7.66. The Morgan fingerprint density at radius 2 is 1.65 bits per heavy atom. The number of ether oxygens (including phenoxy) is 2. The van der Waals surface area contributed by atoms with Crippen molar-refractivity contribution in [2.24, 2.45) is 7.05 Å². The number of aryl methyl sites for hydroxylation is 1. The van der Waals surface area contributed by atoms with E-state index in [2.05, 4.69) is 57.1 Å². The van der Waals surface area contributed by atoms with Gasteiger partial charge in [-0.1, -0.05) is 24.3 Å². The van der Waals surface area contributed by atoms with Crippen LogP contribution in [0.1, 0.15) is 44.5 Å². The van der Waals surface area contributed by atoms with Gasteiger partial charge in [-0.05, 0) is 85.1 Å². The van der Waals surface area contributed by atoms with Gasteiger partial charge in [0.25, 0.3) is 11.8 Å². The van der Waals surface area contributed by atoms with E-state index >= 15 is 0 Å². The third-order valence-electron chi connectivity index (χ3n) is 10.4. The Morgan fingerprint density at radius 3 is 2.46 bits per heavy atom. The minimum Gasteiger partial charge on any atom is -0.508 e. The Hall–Kier alpha value is -5.94. The molecule has 0 saturated heterocycles. The number of fused-ring (bicyclic) bond motifs is 4. The van der Waals surface area contributed by atoms with E-state index < -0.39 is 0 Å². The van der Waals surface area contributed by atoms with Crippen LogP contribution in [0.3, 0.4) is 0 Å². The maximum absolute atomic E-state index is 14.6. The van der Waals surface area contributed by atoms with E-state index in [-0.39, 0.29) is 42.8 Å². The highest BCUT2D eigenvalue weighted by Gasteiger charge is 2.34. The Balaban J connectivity index is 0.00000387. The molecular weight excluding hydrogens is 680 g/mol. The second-order valence-corrected chi connectivity index (χ2v) is 13.5. The van der Waals surface area contributed by atoms with Crippen LogP contribution in [0.2, 0.25) is 0 Å². The van der Waals surface area contributed by atoms with E-state index in [1.165, 1.54) is 17.7 Å². The van der Waals surface area contributed by atoms with Gasteiger partial charge in [-0.15, -0.1) is 12.4 Å². The van der Waals surface area contributed by atoms with Crippen molar-refractivity contribution < 1.29 is 24.2 Å². The summed E-state index contributed by atoms with van der Waals surface area (Å²) in [6.07, 6.45) is 2.63. The average molecular weight is 717 g/mol. The normalized spacial score (nSPS) is 15.9. The molecule has 0 fully saturated rings. The number of halogens is 1. The summed E-state index contributed by atoms with van der Waals surface area (Å²) in [5.41, 5.74) is 8.32. The first-order chi connectivity index (χ1) is 24.8. The predicted octanol–water partition coefficient (Wildman–Crippen LogP) is 6.76. The molecule has 9 rings (SSSR count). The number of nitrogens with one attached hydrogen (secondary N) is 1. The van der Waals surface area contributed by atoms with Crippen LogP contribution >= 0.6 is 12.4 Å². The smallest absolute Gasteiger partial charge is 0.257 e. The Bertz CT molecular complexity index is 2370. The lowest BCUT2D eigenvalue weighted by Gasteiger charge is -2.35. The van der Waals surface area contributed by atoms with Crippen LogP contribution in [0, 0.1) is 0 Å². The second-order valence-electron chi connectivity index (χ2n) is 13.5. The van der Waals surface area contributed by atoms with Gasteiger partial charge in [0.2, 0.25) is 6.79 Å². The average Bonchev–Trinajstić information content (AvgIpc) is 3.87. The lowest BCUT2D eigenvalue weighted by molar-refractivity contribution is 0.0658. The monoisotopic (exact) mass is 716 g/mol. The van der Waals surface area contributed by atoms with Gasteiger partial charge in [0.15, 0.2) is 11.5 Å². The third kappa shape index (κ3) is 5.67. The fraction of sp³-hybridized carbons (Fsp3) is 0.225. The number of carbonyl (C=O) groups is 2. The number of carbonyl (C=O) groups excluding carboxylic acids is 2. The zero-order valence-corrected chi connectivity index (χ0v) is 29.5. The largest absolute Gasteiger partial charge is 0.508 e. The molecule has 0 spiro atoms. The van der Waals surface area contributed by atoms with E-state index in [0.29, 0.717) is 60.1 Å². The van der Waals surface area contributed by atoms with Crippen LogP contribution in [0.4, 0.5) is 11.4 Å². The van der Waals surface area contributed by atoms with Crippen LogP contribution in [0.5, 0.6) is 17.2 Å². The lowest BCUT2D eigenvalue weighted by atomic mass is 9.93. The molecule has 0 radical (unpaired) electrons. The van der Waals surface area contributed by atoms with Crippen LogP contribution in [-0.2, 0) is 33.1 Å². The molecule has 12 heteroatoms. The molecule has 0 unspecified atom stereocenters. The first-order valence-corrected chi connectivity index (χ1v) is 17.1. The minimum absolute atomic E-state index is 0. The highest BCUT2D eigenvalue weighted by molar-refractivity contribution is 6.07. The Morgan fingerprint density at radius 1 is 0.885 bits per heavy atom. The highest BCUT2D eigenvalue weighted by atomic mass is 35.5. The van der Waals surface area contributed by atoms with Crippen molar-refractivity contribution >= 4 is 46.5 Å². The standard InChI is InChI=1S/C40H36N6O5.ClH/c1-24-15-25-5-3-4-6-26(25)21-46(24)40(49)32-19-38-37(50-23-51-38)18-31(32)35-17-33(39(48)42-28-7-10-30(47)11-8-28)36-22-44(13-14-45(35)36)29-9-12-34-27(16-29)20-41-43(34)2;/h3-12,16-20,24,47H,13-15,21-23H2,1-2H3,(H,42,48);1H/t24-;/m1./s1. The van der Waals surface area contributed by atoms with Gasteiger partial charge in [0, 0.05) is 55.0 Å². The van der Waals surface area contributed by atoms with Crippen molar-refractivity contribution in [3.05, 3.63) is 119 Å². The zero-order chi connectivity index (χ0) is 34.8. The molecule has 2 amide bonds. The molecule has 2 aromatic heterocycles. The van der Waals surface area contributed by atoms with Crippen molar-refractivity contribution in [3.8, 4) is 28.5 Å².